The molecular weight excluding hydrogens is 1250 g/mol. The Morgan fingerprint density at radius 1 is 0.270 bits per heavy atom. The molecular formula is C88H62BClN6O4. The Morgan fingerprint density at radius 3 is 1.14 bits per heavy atom. The van der Waals surface area contributed by atoms with Crippen molar-refractivity contribution < 1.29 is 18.1 Å². The molecule has 0 unspecified atom stereocenters. The fraction of sp³-hybridized carbons (Fsp3) is 0.0682. The zero-order chi connectivity index (χ0) is 67.5. The van der Waals surface area contributed by atoms with Crippen molar-refractivity contribution in [3.8, 4) is 79.2 Å². The monoisotopic (exact) mass is 1310 g/mol. The van der Waals surface area contributed by atoms with Gasteiger partial charge in [0.15, 0.2) is 29.1 Å². The molecule has 1 aliphatic heterocycles. The second-order valence-corrected chi connectivity index (χ2v) is 26.3. The van der Waals surface area contributed by atoms with Crippen LogP contribution in [0.3, 0.4) is 0 Å². The summed E-state index contributed by atoms with van der Waals surface area (Å²) >= 11 is 6.11. The number of hydrogen-bond donors (Lipinski definition) is 0. The predicted molar refractivity (Wildman–Crippen MR) is 409 cm³/mol. The highest BCUT2D eigenvalue weighted by atomic mass is 35.5. The predicted octanol–water partition coefficient (Wildman–Crippen LogP) is 22.5. The molecule has 4 aromatic heterocycles. The van der Waals surface area contributed by atoms with Gasteiger partial charge >= 0.3 is 7.12 Å². The number of furan rings is 2. The van der Waals surface area contributed by atoms with Crippen LogP contribution in [0.25, 0.3) is 166 Å². The van der Waals surface area contributed by atoms with Crippen LogP contribution in [0.4, 0.5) is 0 Å². The van der Waals surface area contributed by atoms with Crippen LogP contribution in [0, 0.1) is 0 Å². The number of benzene rings is 14. The van der Waals surface area contributed by atoms with Gasteiger partial charge in [0, 0.05) is 49.4 Å². The number of nitrogens with zero attached hydrogens (tertiary/aromatic N) is 6. The first-order chi connectivity index (χ1) is 48.9. The number of halogens is 1. The molecule has 5 heterocycles. The van der Waals surface area contributed by atoms with E-state index >= 15 is 0 Å². The Hall–Kier alpha value is -12.0. The van der Waals surface area contributed by atoms with Crippen molar-refractivity contribution >= 4 is 111 Å². The summed E-state index contributed by atoms with van der Waals surface area (Å²) in [6.07, 6.45) is 0. The lowest BCUT2D eigenvalue weighted by atomic mass is 9.75. The lowest BCUT2D eigenvalue weighted by Crippen LogP contribution is -2.41. The van der Waals surface area contributed by atoms with Crippen molar-refractivity contribution in [1.29, 1.82) is 0 Å². The van der Waals surface area contributed by atoms with E-state index in [2.05, 4.69) is 231 Å². The van der Waals surface area contributed by atoms with Crippen molar-refractivity contribution in [2.45, 2.75) is 38.9 Å². The fourth-order valence-electron chi connectivity index (χ4n) is 13.7. The maximum Gasteiger partial charge on any atom is 0.495 e. The van der Waals surface area contributed by atoms with Gasteiger partial charge in [0.25, 0.3) is 0 Å². The summed E-state index contributed by atoms with van der Waals surface area (Å²) in [5, 5.41) is 13.9. The van der Waals surface area contributed by atoms with Crippen LogP contribution in [0.5, 0.6) is 0 Å². The number of rotatable bonds is 8. The van der Waals surface area contributed by atoms with Crippen LogP contribution in [-0.4, -0.2) is 48.2 Å². The van der Waals surface area contributed by atoms with E-state index in [9.17, 15) is 0 Å². The van der Waals surface area contributed by atoms with Crippen LogP contribution in [-0.2, 0) is 9.31 Å². The van der Waals surface area contributed by atoms with Gasteiger partial charge in [0.2, 0.25) is 5.28 Å². The van der Waals surface area contributed by atoms with Gasteiger partial charge in [-0.05, 0) is 153 Å². The minimum Gasteiger partial charge on any atom is -0.456 e. The molecule has 478 valence electrons. The largest absolute Gasteiger partial charge is 0.495 e. The fourth-order valence-corrected chi connectivity index (χ4v) is 13.8. The zero-order valence-electron chi connectivity index (χ0n) is 55.1. The summed E-state index contributed by atoms with van der Waals surface area (Å²) in [4.78, 5) is 28.2. The van der Waals surface area contributed by atoms with Crippen LogP contribution >= 0.6 is 11.6 Å². The van der Waals surface area contributed by atoms with Gasteiger partial charge in [0.1, 0.15) is 22.3 Å². The van der Waals surface area contributed by atoms with Gasteiger partial charge in [-0.2, -0.15) is 9.97 Å². The molecule has 0 amide bonds. The molecule has 12 heteroatoms. The normalized spacial score (nSPS) is 13.3. The highest BCUT2D eigenvalue weighted by Crippen LogP contribution is 2.44. The smallest absolute Gasteiger partial charge is 0.456 e. The van der Waals surface area contributed by atoms with Gasteiger partial charge in [-0.15, -0.1) is 0 Å². The third-order valence-electron chi connectivity index (χ3n) is 19.3. The Bertz CT molecular complexity index is 6160. The second kappa shape index (κ2) is 25.5. The van der Waals surface area contributed by atoms with Crippen molar-refractivity contribution in [2.75, 3.05) is 0 Å². The molecule has 0 bridgehead atoms. The summed E-state index contributed by atoms with van der Waals surface area (Å²) in [5.74, 6) is 3.09. The quantitative estimate of drug-likeness (QED) is 0.136. The van der Waals surface area contributed by atoms with Gasteiger partial charge in [-0.1, -0.05) is 261 Å². The minimum atomic E-state index is -0.399. The average Bonchev–Trinajstić information content (AvgIpc) is 1.51. The first kappa shape index (κ1) is 61.6. The van der Waals surface area contributed by atoms with E-state index in [1.54, 1.807) is 0 Å². The molecule has 0 aliphatic carbocycles. The third kappa shape index (κ3) is 11.4. The highest BCUT2D eigenvalue weighted by Gasteiger charge is 2.52. The maximum absolute atomic E-state index is 6.38. The summed E-state index contributed by atoms with van der Waals surface area (Å²) in [7, 11) is -0.399. The molecule has 0 radical (unpaired) electrons. The SMILES string of the molecule is CC1(C)OB(c2ccc(-c3cccc4oc5ccccc5c34)c3ccccc23)OC1(C)C.Clc1nc(-c2ccccc2)nc(-c2ccc3ccccc3c2)n1.c1ccc(-c2nc(-c3ccc4ccccc4c3)nc(-c3ccc(-c4cccc5oc6ccccc6c45)c4ccccc34)n2)cc1. The van der Waals surface area contributed by atoms with Crippen LogP contribution in [0.2, 0.25) is 5.28 Å². The van der Waals surface area contributed by atoms with E-state index in [0.717, 1.165) is 115 Å². The van der Waals surface area contributed by atoms with E-state index in [1.165, 1.54) is 27.3 Å². The third-order valence-corrected chi connectivity index (χ3v) is 19.5. The van der Waals surface area contributed by atoms with Crippen molar-refractivity contribution in [3.05, 3.63) is 309 Å². The van der Waals surface area contributed by atoms with E-state index in [-0.39, 0.29) is 16.5 Å². The summed E-state index contributed by atoms with van der Waals surface area (Å²) < 4.78 is 25.1. The molecule has 0 atom stereocenters. The molecule has 1 saturated heterocycles. The van der Waals surface area contributed by atoms with Crippen molar-refractivity contribution in [1.82, 2.24) is 29.9 Å². The summed E-state index contributed by atoms with van der Waals surface area (Å²) in [6, 6.07) is 104. The van der Waals surface area contributed by atoms with E-state index in [0.29, 0.717) is 29.1 Å². The Labute approximate surface area is 582 Å². The molecule has 18 aromatic rings. The number of aromatic nitrogens is 6. The standard InChI is InChI=1S/C41H25N3O.C28H25BO3.C19H12ClN3/c1-2-12-27(13-3-1)39-42-40(29-22-21-26-11-4-5-14-28(26)25-29)44-41(43-39)34-24-23-32(30-15-6-7-16-31(30)34)33-18-10-20-37-38(33)35-17-8-9-19-36(35)45-37;1-27(2)28(3,4)32-29(31-27)23-17-16-19(18-10-5-6-11-20(18)23)21-13-9-15-25-26(21)22-12-7-8-14-24(22)30-25;20-19-22-17(14-7-2-1-3-8-14)21-18(23-19)16-11-10-13-6-4-5-9-15(13)12-16/h1-25H;5-17H,1-4H3;1-12H. The number of para-hydroxylation sites is 2. The van der Waals surface area contributed by atoms with E-state index in [1.807, 2.05) is 115 Å². The molecule has 14 aromatic carbocycles. The lowest BCUT2D eigenvalue weighted by molar-refractivity contribution is 0.00578. The van der Waals surface area contributed by atoms with E-state index in [4.69, 9.17) is 44.7 Å². The maximum atomic E-state index is 6.38. The highest BCUT2D eigenvalue weighted by molar-refractivity contribution is 6.65. The summed E-state index contributed by atoms with van der Waals surface area (Å²) in [6.45, 7) is 8.37. The molecule has 19 rings (SSSR count). The first-order valence-corrected chi connectivity index (χ1v) is 33.8. The first-order valence-electron chi connectivity index (χ1n) is 33.4. The van der Waals surface area contributed by atoms with Gasteiger partial charge in [0.05, 0.1) is 11.2 Å². The van der Waals surface area contributed by atoms with Crippen LogP contribution in [0.1, 0.15) is 27.7 Å². The van der Waals surface area contributed by atoms with Crippen molar-refractivity contribution in [2.24, 2.45) is 0 Å². The molecule has 0 N–H and O–H groups in total. The van der Waals surface area contributed by atoms with Gasteiger partial charge < -0.3 is 18.1 Å². The van der Waals surface area contributed by atoms with Crippen molar-refractivity contribution in [3.63, 3.8) is 0 Å². The minimum absolute atomic E-state index is 0.196. The summed E-state index contributed by atoms with van der Waals surface area (Å²) in [5.41, 5.74) is 13.2. The molecule has 1 fully saturated rings. The average molecular weight is 1310 g/mol. The lowest BCUT2D eigenvalue weighted by Gasteiger charge is -2.32. The number of fused-ring (bicyclic) bond motifs is 10. The molecule has 10 nitrogen and oxygen atoms in total. The molecule has 100 heavy (non-hydrogen) atoms. The number of hydrogen-bond acceptors (Lipinski definition) is 10. The van der Waals surface area contributed by atoms with Gasteiger partial charge in [-0.25, -0.2) is 19.9 Å². The Kier molecular flexibility index (Phi) is 15.7. The van der Waals surface area contributed by atoms with E-state index < -0.39 is 7.12 Å². The zero-order valence-corrected chi connectivity index (χ0v) is 55.9. The molecule has 1 aliphatic rings. The second-order valence-electron chi connectivity index (χ2n) is 26.0. The Balaban J connectivity index is 0.000000119. The Morgan fingerprint density at radius 2 is 0.630 bits per heavy atom. The molecule has 0 spiro atoms. The molecule has 0 saturated carbocycles. The topological polar surface area (TPSA) is 122 Å². The van der Waals surface area contributed by atoms with Gasteiger partial charge in [-0.3, -0.25) is 0 Å². The van der Waals surface area contributed by atoms with Crippen LogP contribution in [0.15, 0.2) is 312 Å². The van der Waals surface area contributed by atoms with Crippen LogP contribution < -0.4 is 5.46 Å².